The van der Waals surface area contributed by atoms with Gasteiger partial charge in [-0.05, 0) is 76.9 Å². The molecule has 1 N–H and O–H groups in total. The number of ether oxygens (including phenoxy) is 1. The Bertz CT molecular complexity index is 347. The van der Waals surface area contributed by atoms with Gasteiger partial charge in [0.1, 0.15) is 0 Å². The van der Waals surface area contributed by atoms with E-state index in [0.29, 0.717) is 11.7 Å². The molecule has 4 fully saturated rings. The average molecular weight is 292 g/mol. The lowest BCUT2D eigenvalue weighted by Crippen LogP contribution is -2.44. The van der Waals surface area contributed by atoms with Crippen molar-refractivity contribution in [1.82, 2.24) is 10.2 Å². The Kier molecular flexibility index (Phi) is 4.25. The summed E-state index contributed by atoms with van der Waals surface area (Å²) in [6, 6.07) is 0.857. The molecule has 1 aliphatic carbocycles. The number of rotatable bonds is 3. The van der Waals surface area contributed by atoms with Crippen LogP contribution in [0.25, 0.3) is 0 Å². The van der Waals surface area contributed by atoms with Crippen molar-refractivity contribution in [2.24, 2.45) is 5.92 Å². The monoisotopic (exact) mass is 292 g/mol. The van der Waals surface area contributed by atoms with Gasteiger partial charge >= 0.3 is 0 Å². The summed E-state index contributed by atoms with van der Waals surface area (Å²) in [6.07, 6.45) is 14.3. The number of hydrogen-bond donors (Lipinski definition) is 1. The first-order valence-corrected chi connectivity index (χ1v) is 9.47. The lowest BCUT2D eigenvalue weighted by atomic mass is 9.88. The molecule has 0 radical (unpaired) electrons. The lowest BCUT2D eigenvalue weighted by molar-refractivity contribution is -0.0508. The zero-order valence-corrected chi connectivity index (χ0v) is 13.5. The van der Waals surface area contributed by atoms with Crippen LogP contribution in [-0.4, -0.2) is 48.8 Å². The van der Waals surface area contributed by atoms with Gasteiger partial charge in [0, 0.05) is 12.6 Å². The van der Waals surface area contributed by atoms with E-state index in [9.17, 15) is 0 Å². The van der Waals surface area contributed by atoms with Gasteiger partial charge in [-0.15, -0.1) is 0 Å². The highest BCUT2D eigenvalue weighted by molar-refractivity contribution is 4.95. The van der Waals surface area contributed by atoms with E-state index in [0.717, 1.165) is 12.0 Å². The molecule has 4 rings (SSSR count). The van der Waals surface area contributed by atoms with Crippen molar-refractivity contribution in [3.05, 3.63) is 0 Å². The summed E-state index contributed by atoms with van der Waals surface area (Å²) in [7, 11) is 0. The van der Waals surface area contributed by atoms with E-state index in [1.54, 1.807) is 0 Å². The fourth-order valence-corrected chi connectivity index (χ4v) is 5.51. The Hall–Kier alpha value is -0.120. The minimum atomic E-state index is 0.314. The summed E-state index contributed by atoms with van der Waals surface area (Å²) in [5, 5.41) is 3.52. The lowest BCUT2D eigenvalue weighted by Gasteiger charge is -2.36. The van der Waals surface area contributed by atoms with Crippen LogP contribution in [0.3, 0.4) is 0 Å². The fraction of sp³-hybridized carbons (Fsp3) is 1.00. The summed E-state index contributed by atoms with van der Waals surface area (Å²) < 4.78 is 6.55. The summed E-state index contributed by atoms with van der Waals surface area (Å²) in [5.74, 6) is 0.940. The molecule has 4 aliphatic rings. The van der Waals surface area contributed by atoms with Crippen LogP contribution in [0.5, 0.6) is 0 Å². The van der Waals surface area contributed by atoms with E-state index in [1.165, 1.54) is 90.4 Å². The Balaban J connectivity index is 1.33. The predicted molar refractivity (Wildman–Crippen MR) is 85.5 cm³/mol. The molecule has 3 aliphatic heterocycles. The largest absolute Gasteiger partial charge is 0.370 e. The SMILES string of the molecule is C1CC(C2CCNCC2)N(CC2CCC3(CCCC3)O2)C1. The van der Waals surface area contributed by atoms with Crippen LogP contribution in [0.15, 0.2) is 0 Å². The molecule has 2 unspecified atom stereocenters. The average Bonchev–Trinajstić information content (AvgIpc) is 3.24. The van der Waals surface area contributed by atoms with E-state index in [1.807, 2.05) is 0 Å². The van der Waals surface area contributed by atoms with Gasteiger partial charge in [0.05, 0.1) is 11.7 Å². The van der Waals surface area contributed by atoms with Crippen molar-refractivity contribution in [3.8, 4) is 0 Å². The second-order valence-electron chi connectivity index (χ2n) is 7.96. The third-order valence-electron chi connectivity index (χ3n) is 6.63. The zero-order chi connectivity index (χ0) is 14.1. The van der Waals surface area contributed by atoms with Crippen LogP contribution < -0.4 is 5.32 Å². The zero-order valence-electron chi connectivity index (χ0n) is 13.5. The molecule has 120 valence electrons. The molecule has 0 aromatic rings. The third kappa shape index (κ3) is 3.02. The molecule has 3 saturated heterocycles. The molecule has 0 aromatic carbocycles. The number of likely N-dealkylation sites (tertiary alicyclic amines) is 1. The first-order valence-electron chi connectivity index (χ1n) is 9.47. The third-order valence-corrected chi connectivity index (χ3v) is 6.63. The first kappa shape index (κ1) is 14.5. The standard InChI is InChI=1S/C18H32N2O/c1-2-9-18(8-1)10-5-16(21-18)14-20-13-3-4-17(20)15-6-11-19-12-7-15/h15-17,19H,1-14H2. The smallest absolute Gasteiger partial charge is 0.0710 e. The van der Waals surface area contributed by atoms with E-state index < -0.39 is 0 Å². The van der Waals surface area contributed by atoms with Crippen LogP contribution in [0.2, 0.25) is 0 Å². The molecular weight excluding hydrogens is 260 g/mol. The fourth-order valence-electron chi connectivity index (χ4n) is 5.51. The van der Waals surface area contributed by atoms with Gasteiger partial charge in [0.25, 0.3) is 0 Å². The van der Waals surface area contributed by atoms with Crippen LogP contribution in [-0.2, 0) is 4.74 Å². The second-order valence-corrected chi connectivity index (χ2v) is 7.96. The summed E-state index contributed by atoms with van der Waals surface area (Å²) >= 11 is 0. The van der Waals surface area contributed by atoms with Gasteiger partial charge < -0.3 is 10.1 Å². The van der Waals surface area contributed by atoms with Crippen molar-refractivity contribution < 1.29 is 4.74 Å². The molecule has 3 heteroatoms. The second kappa shape index (κ2) is 6.17. The Labute approximate surface area is 129 Å². The minimum Gasteiger partial charge on any atom is -0.370 e. The molecule has 1 saturated carbocycles. The Morgan fingerprint density at radius 3 is 2.57 bits per heavy atom. The molecule has 1 spiro atoms. The first-order chi connectivity index (χ1) is 10.3. The quantitative estimate of drug-likeness (QED) is 0.865. The number of piperidine rings is 1. The van der Waals surface area contributed by atoms with Gasteiger partial charge in [-0.2, -0.15) is 0 Å². The van der Waals surface area contributed by atoms with E-state index in [-0.39, 0.29) is 0 Å². The van der Waals surface area contributed by atoms with Gasteiger partial charge in [-0.3, -0.25) is 4.90 Å². The predicted octanol–water partition coefficient (Wildman–Crippen LogP) is 2.94. The minimum absolute atomic E-state index is 0.314. The van der Waals surface area contributed by atoms with Crippen molar-refractivity contribution in [1.29, 1.82) is 0 Å². The van der Waals surface area contributed by atoms with Crippen molar-refractivity contribution >= 4 is 0 Å². The summed E-state index contributed by atoms with van der Waals surface area (Å²) in [4.78, 5) is 2.80. The van der Waals surface area contributed by atoms with Crippen LogP contribution >= 0.6 is 0 Å². The van der Waals surface area contributed by atoms with Gasteiger partial charge in [0.15, 0.2) is 0 Å². The number of nitrogens with one attached hydrogen (secondary N) is 1. The molecule has 0 aromatic heterocycles. The topological polar surface area (TPSA) is 24.5 Å². The Morgan fingerprint density at radius 1 is 0.952 bits per heavy atom. The molecule has 21 heavy (non-hydrogen) atoms. The summed E-state index contributed by atoms with van der Waals surface area (Å²) in [6.45, 7) is 5.01. The van der Waals surface area contributed by atoms with Crippen LogP contribution in [0.1, 0.15) is 64.2 Å². The molecular formula is C18H32N2O. The molecule has 2 atom stereocenters. The molecule has 3 nitrogen and oxygen atoms in total. The highest BCUT2D eigenvalue weighted by Gasteiger charge is 2.43. The van der Waals surface area contributed by atoms with Crippen molar-refractivity contribution in [2.45, 2.75) is 82.0 Å². The normalized spacial score (nSPS) is 37.7. The van der Waals surface area contributed by atoms with E-state index in [4.69, 9.17) is 4.74 Å². The van der Waals surface area contributed by atoms with Crippen LogP contribution in [0.4, 0.5) is 0 Å². The van der Waals surface area contributed by atoms with E-state index >= 15 is 0 Å². The van der Waals surface area contributed by atoms with Crippen LogP contribution in [0, 0.1) is 5.92 Å². The number of hydrogen-bond acceptors (Lipinski definition) is 3. The van der Waals surface area contributed by atoms with E-state index in [2.05, 4.69) is 10.2 Å². The van der Waals surface area contributed by atoms with Gasteiger partial charge in [-0.1, -0.05) is 12.8 Å². The molecule has 3 heterocycles. The highest BCUT2D eigenvalue weighted by Crippen LogP contribution is 2.44. The van der Waals surface area contributed by atoms with Gasteiger partial charge in [-0.25, -0.2) is 0 Å². The maximum absolute atomic E-state index is 6.55. The Morgan fingerprint density at radius 2 is 1.76 bits per heavy atom. The molecule has 0 amide bonds. The van der Waals surface area contributed by atoms with Crippen molar-refractivity contribution in [2.75, 3.05) is 26.2 Å². The maximum Gasteiger partial charge on any atom is 0.0710 e. The van der Waals surface area contributed by atoms with Gasteiger partial charge in [0.2, 0.25) is 0 Å². The highest BCUT2D eigenvalue weighted by atomic mass is 16.5. The number of nitrogens with zero attached hydrogens (tertiary/aromatic N) is 1. The van der Waals surface area contributed by atoms with Crippen molar-refractivity contribution in [3.63, 3.8) is 0 Å². The maximum atomic E-state index is 6.55. The molecule has 0 bridgehead atoms. The summed E-state index contributed by atoms with van der Waals surface area (Å²) in [5.41, 5.74) is 0.314.